The van der Waals surface area contributed by atoms with Crippen molar-refractivity contribution in [2.75, 3.05) is 0 Å². The van der Waals surface area contributed by atoms with Gasteiger partial charge in [-0.15, -0.1) is 0 Å². The van der Waals surface area contributed by atoms with Crippen molar-refractivity contribution in [3.8, 4) is 68.0 Å². The average Bonchev–Trinajstić information content (AvgIpc) is 3.85. The van der Waals surface area contributed by atoms with E-state index in [-0.39, 0.29) is 5.56 Å². The predicted octanol–water partition coefficient (Wildman–Crippen LogP) is 16.5. The lowest BCUT2D eigenvalue weighted by Crippen LogP contribution is -2.06. The summed E-state index contributed by atoms with van der Waals surface area (Å²) in [6.45, 7) is 8.44. The molecule has 0 saturated carbocycles. The van der Waals surface area contributed by atoms with E-state index in [1.807, 2.05) is 54.6 Å². The number of alkyl halides is 3. The smallest absolute Gasteiger partial charge is 0.309 e. The molecule has 7 heteroatoms. The minimum atomic E-state index is -4.64. The maximum atomic E-state index is 14.2. The van der Waals surface area contributed by atoms with Crippen LogP contribution in [-0.2, 0) is 6.18 Å². The minimum absolute atomic E-state index is 0.113. The molecule has 0 aliphatic rings. The highest BCUT2D eigenvalue weighted by molar-refractivity contribution is 6.12. The Morgan fingerprint density at radius 1 is 0.412 bits per heavy atom. The molecule has 0 spiro atoms. The highest BCUT2D eigenvalue weighted by atomic mass is 19.4. The Morgan fingerprint density at radius 3 is 1.53 bits per heavy atom. The zero-order chi connectivity index (χ0) is 47.0. The Kier molecular flexibility index (Phi) is 9.92. The van der Waals surface area contributed by atoms with Crippen molar-refractivity contribution in [1.82, 2.24) is 9.13 Å². The Balaban J connectivity index is 1.20. The van der Waals surface area contributed by atoms with Gasteiger partial charge in [0.1, 0.15) is 0 Å². The van der Waals surface area contributed by atoms with E-state index in [1.165, 1.54) is 28.3 Å². The van der Waals surface area contributed by atoms with Crippen LogP contribution in [0.2, 0.25) is 0 Å². The van der Waals surface area contributed by atoms with E-state index < -0.39 is 11.7 Å². The third-order valence-electron chi connectivity index (χ3n) is 13.4. The van der Waals surface area contributed by atoms with Crippen LogP contribution in [0.1, 0.15) is 38.9 Å². The maximum absolute atomic E-state index is 14.2. The Bertz CT molecular complexity index is 3980. The van der Waals surface area contributed by atoms with Gasteiger partial charge in [0.15, 0.2) is 0 Å². The second-order valence-electron chi connectivity index (χ2n) is 17.7. The number of aromatic nitrogens is 2. The van der Waals surface area contributed by atoms with Crippen molar-refractivity contribution >= 4 is 43.6 Å². The van der Waals surface area contributed by atoms with E-state index in [9.17, 15) is 23.7 Å². The summed E-state index contributed by atoms with van der Waals surface area (Å²) in [5.74, 6) is 0. The summed E-state index contributed by atoms with van der Waals surface area (Å²) in [5, 5.41) is 25.2. The molecule has 0 N–H and O–H groups in total. The number of hydrogen-bond acceptors (Lipinski definition) is 2. The fourth-order valence-electron chi connectivity index (χ4n) is 10.3. The molecule has 326 valence electrons. The maximum Gasteiger partial charge on any atom is 0.416 e. The van der Waals surface area contributed by atoms with Crippen LogP contribution in [0, 0.1) is 50.4 Å². The molecular formula is C61H41F3N4. The molecule has 68 heavy (non-hydrogen) atoms. The second kappa shape index (κ2) is 16.0. The molecule has 4 nitrogen and oxygen atoms in total. The first-order chi connectivity index (χ1) is 32.9. The molecule has 0 unspecified atom stereocenters. The first kappa shape index (κ1) is 42.0. The van der Waals surface area contributed by atoms with Gasteiger partial charge in [0, 0.05) is 38.4 Å². The molecule has 0 bridgehead atoms. The monoisotopic (exact) mass is 886 g/mol. The van der Waals surface area contributed by atoms with E-state index in [0.717, 1.165) is 89.4 Å². The topological polar surface area (TPSA) is 57.4 Å². The molecule has 0 radical (unpaired) electrons. The number of fused-ring (bicyclic) bond motifs is 6. The largest absolute Gasteiger partial charge is 0.416 e. The van der Waals surface area contributed by atoms with E-state index in [0.29, 0.717) is 27.8 Å². The molecule has 0 fully saturated rings. The quantitative estimate of drug-likeness (QED) is 0.167. The summed E-state index contributed by atoms with van der Waals surface area (Å²) < 4.78 is 46.9. The fourth-order valence-corrected chi connectivity index (χ4v) is 10.3. The van der Waals surface area contributed by atoms with Crippen LogP contribution in [0.5, 0.6) is 0 Å². The summed E-state index contributed by atoms with van der Waals surface area (Å²) in [7, 11) is 0. The summed E-state index contributed by atoms with van der Waals surface area (Å²) in [4.78, 5) is 0. The van der Waals surface area contributed by atoms with Gasteiger partial charge in [0.05, 0.1) is 56.6 Å². The zero-order valence-electron chi connectivity index (χ0n) is 37.7. The second-order valence-corrected chi connectivity index (χ2v) is 17.7. The SMILES string of the molecule is Cc1ccc(-c2ccc3c(c2)c2ccccc2n3-c2ccc(-c3ccc(C(F)(F)F)cc3C#N)c(-c3cc(C#N)ccc3-n3c4ccccc4c4cc(-c5ccc(C)cc5C)ccc43)c2)c(C)c1. The van der Waals surface area contributed by atoms with Crippen LogP contribution in [-0.4, -0.2) is 9.13 Å². The van der Waals surface area contributed by atoms with E-state index >= 15 is 0 Å². The van der Waals surface area contributed by atoms with Crippen LogP contribution in [0.3, 0.4) is 0 Å². The van der Waals surface area contributed by atoms with Gasteiger partial charge in [0.2, 0.25) is 0 Å². The number of benzene rings is 9. The molecule has 0 atom stereocenters. The van der Waals surface area contributed by atoms with Crippen LogP contribution in [0.25, 0.3) is 99.5 Å². The van der Waals surface area contributed by atoms with Crippen molar-refractivity contribution in [2.24, 2.45) is 0 Å². The number of para-hydroxylation sites is 2. The van der Waals surface area contributed by atoms with Crippen LogP contribution in [0.15, 0.2) is 176 Å². The third-order valence-corrected chi connectivity index (χ3v) is 13.4. The number of halogens is 3. The number of rotatable bonds is 6. The Morgan fingerprint density at radius 2 is 0.956 bits per heavy atom. The molecule has 11 aromatic rings. The van der Waals surface area contributed by atoms with Gasteiger partial charge in [0.25, 0.3) is 0 Å². The Hall–Kier alpha value is -8.65. The van der Waals surface area contributed by atoms with Gasteiger partial charge < -0.3 is 9.13 Å². The summed E-state index contributed by atoms with van der Waals surface area (Å²) in [6.07, 6.45) is -4.64. The highest BCUT2D eigenvalue weighted by Gasteiger charge is 2.32. The lowest BCUT2D eigenvalue weighted by Gasteiger charge is -2.20. The van der Waals surface area contributed by atoms with E-state index in [2.05, 4.69) is 146 Å². The minimum Gasteiger partial charge on any atom is -0.309 e. The number of aryl methyl sites for hydroxylation is 4. The zero-order valence-corrected chi connectivity index (χ0v) is 37.7. The summed E-state index contributed by atoms with van der Waals surface area (Å²) in [5.41, 5.74) is 16.2. The van der Waals surface area contributed by atoms with Crippen molar-refractivity contribution in [3.63, 3.8) is 0 Å². The number of nitriles is 2. The van der Waals surface area contributed by atoms with Crippen LogP contribution in [0.4, 0.5) is 13.2 Å². The molecule has 0 amide bonds. The van der Waals surface area contributed by atoms with Crippen molar-refractivity contribution < 1.29 is 13.2 Å². The van der Waals surface area contributed by atoms with Crippen molar-refractivity contribution in [1.29, 1.82) is 10.5 Å². The van der Waals surface area contributed by atoms with Crippen LogP contribution < -0.4 is 0 Å². The molecule has 2 aromatic heterocycles. The Labute approximate surface area is 391 Å². The van der Waals surface area contributed by atoms with Gasteiger partial charge in [-0.3, -0.25) is 0 Å². The third kappa shape index (κ3) is 6.91. The first-order valence-corrected chi connectivity index (χ1v) is 22.4. The van der Waals surface area contributed by atoms with E-state index in [1.54, 1.807) is 6.07 Å². The van der Waals surface area contributed by atoms with Crippen molar-refractivity contribution in [2.45, 2.75) is 33.9 Å². The van der Waals surface area contributed by atoms with Gasteiger partial charge in [-0.25, -0.2) is 0 Å². The lowest BCUT2D eigenvalue weighted by molar-refractivity contribution is -0.137. The van der Waals surface area contributed by atoms with Gasteiger partial charge >= 0.3 is 6.18 Å². The molecule has 2 heterocycles. The van der Waals surface area contributed by atoms with Gasteiger partial charge in [-0.1, -0.05) is 108 Å². The van der Waals surface area contributed by atoms with Crippen LogP contribution >= 0.6 is 0 Å². The standard InChI is InChI=1S/C61H41F3N4/c1-36-13-20-46(38(3)27-36)41-16-25-58-54(31-41)50-9-5-7-11-56(50)67(58)45-19-23-49(48-22-18-44(61(62,63)64)30-43(48)35-66)52(33-45)53-29-40(34-65)15-24-59(53)68-57-12-8-6-10-51(57)55-32-42(17-26-60(55)68)47-21-14-37(2)28-39(47)4/h5-33H,1-4H3. The normalized spacial score (nSPS) is 11.7. The van der Waals surface area contributed by atoms with Crippen molar-refractivity contribution in [3.05, 3.63) is 215 Å². The number of hydrogen-bond donors (Lipinski definition) is 0. The summed E-state index contributed by atoms with van der Waals surface area (Å²) >= 11 is 0. The molecule has 0 saturated heterocycles. The fraction of sp³-hybridized carbons (Fsp3) is 0.0820. The van der Waals surface area contributed by atoms with Gasteiger partial charge in [-0.05, 0) is 151 Å². The molecule has 0 aliphatic heterocycles. The van der Waals surface area contributed by atoms with E-state index in [4.69, 9.17) is 0 Å². The average molecular weight is 887 g/mol. The number of nitrogens with zero attached hydrogens (tertiary/aromatic N) is 4. The lowest BCUT2D eigenvalue weighted by atomic mass is 9.89. The summed E-state index contributed by atoms with van der Waals surface area (Å²) in [6, 6.07) is 61.8. The highest BCUT2D eigenvalue weighted by Crippen LogP contribution is 2.45. The molecule has 9 aromatic carbocycles. The molecular weight excluding hydrogens is 846 g/mol. The van der Waals surface area contributed by atoms with Gasteiger partial charge in [-0.2, -0.15) is 23.7 Å². The predicted molar refractivity (Wildman–Crippen MR) is 270 cm³/mol. The first-order valence-electron chi connectivity index (χ1n) is 22.4. The molecule has 0 aliphatic carbocycles. The molecule has 11 rings (SSSR count).